The first-order valence-electron chi connectivity index (χ1n) is 8.93. The molecule has 1 aromatic carbocycles. The Labute approximate surface area is 158 Å². The molecule has 1 aliphatic rings. The molecule has 138 valence electrons. The highest BCUT2D eigenvalue weighted by Crippen LogP contribution is 2.21. The minimum Gasteiger partial charge on any atom is -0.492 e. The monoisotopic (exact) mass is 372 g/mol. The van der Waals surface area contributed by atoms with Crippen LogP contribution in [0.3, 0.4) is 0 Å². The van der Waals surface area contributed by atoms with E-state index in [0.717, 1.165) is 16.2 Å². The van der Waals surface area contributed by atoms with Crippen LogP contribution in [0.25, 0.3) is 0 Å². The molecule has 0 unspecified atom stereocenters. The number of rotatable bonds is 6. The summed E-state index contributed by atoms with van der Waals surface area (Å²) in [6.07, 6.45) is 1.42. The highest BCUT2D eigenvalue weighted by atomic mass is 32.1. The van der Waals surface area contributed by atoms with Crippen molar-refractivity contribution in [3.63, 3.8) is 0 Å². The molecule has 1 aliphatic heterocycles. The first-order chi connectivity index (χ1) is 12.6. The van der Waals surface area contributed by atoms with Crippen LogP contribution in [0.15, 0.2) is 41.8 Å². The Morgan fingerprint density at radius 3 is 2.73 bits per heavy atom. The molecule has 3 rings (SSSR count). The number of likely N-dealkylation sites (tertiary alicyclic amines) is 1. The van der Waals surface area contributed by atoms with E-state index >= 15 is 0 Å². The molecule has 1 aromatic heterocycles. The number of carbonyl (C=O) groups excluding carboxylic acids is 2. The van der Waals surface area contributed by atoms with Gasteiger partial charge in [0.15, 0.2) is 0 Å². The molecule has 5 nitrogen and oxygen atoms in total. The lowest BCUT2D eigenvalue weighted by atomic mass is 9.96. The zero-order valence-electron chi connectivity index (χ0n) is 14.9. The Bertz CT molecular complexity index is 737. The van der Waals surface area contributed by atoms with E-state index < -0.39 is 0 Å². The average molecular weight is 372 g/mol. The van der Waals surface area contributed by atoms with E-state index in [1.165, 1.54) is 11.3 Å². The van der Waals surface area contributed by atoms with E-state index in [1.54, 1.807) is 0 Å². The average Bonchev–Trinajstić information content (AvgIpc) is 3.19. The largest absolute Gasteiger partial charge is 0.492 e. The van der Waals surface area contributed by atoms with Crippen molar-refractivity contribution >= 4 is 23.2 Å². The number of nitrogens with zero attached hydrogens (tertiary/aromatic N) is 1. The zero-order chi connectivity index (χ0) is 18.4. The molecule has 2 aromatic rings. The van der Waals surface area contributed by atoms with Gasteiger partial charge in [0, 0.05) is 19.0 Å². The van der Waals surface area contributed by atoms with Crippen LogP contribution in [0.1, 0.15) is 28.1 Å². The van der Waals surface area contributed by atoms with Crippen LogP contribution in [0.2, 0.25) is 0 Å². The third kappa shape index (κ3) is 4.85. The van der Waals surface area contributed by atoms with Crippen molar-refractivity contribution in [1.82, 2.24) is 10.2 Å². The van der Waals surface area contributed by atoms with Gasteiger partial charge in [0.1, 0.15) is 12.4 Å². The van der Waals surface area contributed by atoms with Gasteiger partial charge in [0.05, 0.1) is 11.4 Å². The van der Waals surface area contributed by atoms with Gasteiger partial charge in [0.25, 0.3) is 5.91 Å². The Balaban J connectivity index is 1.36. The highest BCUT2D eigenvalue weighted by molar-refractivity contribution is 7.12. The molecule has 1 saturated heterocycles. The Morgan fingerprint density at radius 1 is 1.23 bits per heavy atom. The fourth-order valence-electron chi connectivity index (χ4n) is 3.09. The first kappa shape index (κ1) is 18.5. The molecular weight excluding hydrogens is 348 g/mol. The topological polar surface area (TPSA) is 58.6 Å². The second kappa shape index (κ2) is 8.85. The number of hydrogen-bond donors (Lipinski definition) is 1. The van der Waals surface area contributed by atoms with Crippen LogP contribution in [0.5, 0.6) is 5.75 Å². The van der Waals surface area contributed by atoms with E-state index in [1.807, 2.05) is 53.6 Å². The van der Waals surface area contributed by atoms with Crippen molar-refractivity contribution in [2.45, 2.75) is 19.8 Å². The van der Waals surface area contributed by atoms with Gasteiger partial charge in [-0.25, -0.2) is 0 Å². The van der Waals surface area contributed by atoms with Gasteiger partial charge in [0.2, 0.25) is 5.91 Å². The summed E-state index contributed by atoms with van der Waals surface area (Å²) < 4.78 is 5.65. The molecule has 26 heavy (non-hydrogen) atoms. The lowest BCUT2D eigenvalue weighted by Gasteiger charge is -2.31. The summed E-state index contributed by atoms with van der Waals surface area (Å²) in [5.74, 6) is 0.924. The minimum absolute atomic E-state index is 0.0265. The normalized spacial score (nSPS) is 14.9. The summed E-state index contributed by atoms with van der Waals surface area (Å²) in [6, 6.07) is 11.6. The Kier molecular flexibility index (Phi) is 6.28. The van der Waals surface area contributed by atoms with Gasteiger partial charge in [-0.15, -0.1) is 11.3 Å². The maximum Gasteiger partial charge on any atom is 0.263 e. The molecule has 0 bridgehead atoms. The zero-order valence-corrected chi connectivity index (χ0v) is 15.8. The molecule has 2 amide bonds. The minimum atomic E-state index is -0.0265. The van der Waals surface area contributed by atoms with E-state index in [4.69, 9.17) is 4.74 Å². The highest BCUT2D eigenvalue weighted by Gasteiger charge is 2.27. The fraction of sp³-hybridized carbons (Fsp3) is 0.400. The third-order valence-corrected chi connectivity index (χ3v) is 5.40. The van der Waals surface area contributed by atoms with Crippen LogP contribution in [0, 0.1) is 12.8 Å². The standard InChI is InChI=1S/C20H24N2O3S/c1-15-4-2-5-17(14-15)25-12-9-21-19(23)16-7-10-22(11-8-16)20(24)18-6-3-13-26-18/h2-6,13-14,16H,7-12H2,1H3,(H,21,23). The molecule has 0 aliphatic carbocycles. The van der Waals surface area contributed by atoms with Gasteiger partial charge in [-0.1, -0.05) is 18.2 Å². The van der Waals surface area contributed by atoms with Gasteiger partial charge in [-0.2, -0.15) is 0 Å². The quantitative estimate of drug-likeness (QED) is 0.793. The Hall–Kier alpha value is -2.34. The number of amides is 2. The number of benzene rings is 1. The third-order valence-electron chi connectivity index (χ3n) is 4.54. The summed E-state index contributed by atoms with van der Waals surface area (Å²) >= 11 is 1.46. The number of nitrogens with one attached hydrogen (secondary N) is 1. The van der Waals surface area contributed by atoms with Crippen LogP contribution in [0.4, 0.5) is 0 Å². The van der Waals surface area contributed by atoms with Crippen molar-refractivity contribution < 1.29 is 14.3 Å². The molecular formula is C20H24N2O3S. The van der Waals surface area contributed by atoms with Crippen molar-refractivity contribution in [2.24, 2.45) is 5.92 Å². The number of piperidine rings is 1. The lowest BCUT2D eigenvalue weighted by molar-refractivity contribution is -0.126. The lowest BCUT2D eigenvalue weighted by Crippen LogP contribution is -2.43. The van der Waals surface area contributed by atoms with Gasteiger partial charge in [-0.05, 0) is 48.9 Å². The van der Waals surface area contributed by atoms with Crippen molar-refractivity contribution in [2.75, 3.05) is 26.2 Å². The molecule has 0 radical (unpaired) electrons. The molecule has 6 heteroatoms. The number of carbonyl (C=O) groups is 2. The molecule has 2 heterocycles. The summed E-state index contributed by atoms with van der Waals surface area (Å²) in [4.78, 5) is 27.2. The molecule has 0 saturated carbocycles. The molecule has 1 N–H and O–H groups in total. The predicted molar refractivity (Wildman–Crippen MR) is 103 cm³/mol. The molecule has 0 spiro atoms. The smallest absolute Gasteiger partial charge is 0.263 e. The van der Waals surface area contributed by atoms with E-state index in [2.05, 4.69) is 5.32 Å². The number of hydrogen-bond acceptors (Lipinski definition) is 4. The maximum absolute atomic E-state index is 12.3. The molecule has 1 fully saturated rings. The van der Waals surface area contributed by atoms with Crippen molar-refractivity contribution in [1.29, 1.82) is 0 Å². The van der Waals surface area contributed by atoms with Crippen LogP contribution in [-0.4, -0.2) is 43.0 Å². The number of thiophene rings is 1. The van der Waals surface area contributed by atoms with Gasteiger partial charge < -0.3 is 15.0 Å². The summed E-state index contributed by atoms with van der Waals surface area (Å²) in [7, 11) is 0. The van der Waals surface area contributed by atoms with Crippen LogP contribution >= 0.6 is 11.3 Å². The first-order valence-corrected chi connectivity index (χ1v) is 9.81. The second-order valence-corrected chi connectivity index (χ2v) is 7.45. The van der Waals surface area contributed by atoms with Crippen molar-refractivity contribution in [3.8, 4) is 5.75 Å². The second-order valence-electron chi connectivity index (χ2n) is 6.50. The summed E-state index contributed by atoms with van der Waals surface area (Å²) in [6.45, 7) is 4.22. The van der Waals surface area contributed by atoms with E-state index in [-0.39, 0.29) is 17.7 Å². The molecule has 0 atom stereocenters. The predicted octanol–water partition coefficient (Wildman–Crippen LogP) is 3.10. The maximum atomic E-state index is 12.3. The summed E-state index contributed by atoms with van der Waals surface area (Å²) in [5, 5.41) is 4.85. The van der Waals surface area contributed by atoms with Gasteiger partial charge in [-0.3, -0.25) is 9.59 Å². The SMILES string of the molecule is Cc1cccc(OCCNC(=O)C2CCN(C(=O)c3cccs3)CC2)c1. The van der Waals surface area contributed by atoms with E-state index in [9.17, 15) is 9.59 Å². The fourth-order valence-corrected chi connectivity index (χ4v) is 3.78. The van der Waals surface area contributed by atoms with E-state index in [0.29, 0.717) is 39.1 Å². The number of aryl methyl sites for hydroxylation is 1. The Morgan fingerprint density at radius 2 is 2.04 bits per heavy atom. The van der Waals surface area contributed by atoms with Crippen LogP contribution < -0.4 is 10.1 Å². The number of ether oxygens (including phenoxy) is 1. The van der Waals surface area contributed by atoms with Crippen molar-refractivity contribution in [3.05, 3.63) is 52.2 Å². The van der Waals surface area contributed by atoms with Crippen LogP contribution in [-0.2, 0) is 4.79 Å². The van der Waals surface area contributed by atoms with Gasteiger partial charge >= 0.3 is 0 Å². The summed E-state index contributed by atoms with van der Waals surface area (Å²) in [5.41, 5.74) is 1.15.